The fraction of sp³-hybridized carbons (Fsp3) is 0.650. The van der Waals surface area contributed by atoms with Crippen LogP contribution in [-0.2, 0) is 10.0 Å². The summed E-state index contributed by atoms with van der Waals surface area (Å²) in [6.07, 6.45) is 4.99. The van der Waals surface area contributed by atoms with Gasteiger partial charge in [-0.15, -0.1) is 0 Å². The van der Waals surface area contributed by atoms with Crippen molar-refractivity contribution >= 4 is 38.6 Å². The normalized spacial score (nSPS) is 25.9. The van der Waals surface area contributed by atoms with Gasteiger partial charge in [-0.3, -0.25) is 9.36 Å². The number of hydrogen-bond donors (Lipinski definition) is 2. The first kappa shape index (κ1) is 22.4. The third-order valence-electron chi connectivity index (χ3n) is 6.46. The van der Waals surface area contributed by atoms with Crippen molar-refractivity contribution in [1.29, 1.82) is 0 Å². The maximum atomic E-state index is 12.9. The van der Waals surface area contributed by atoms with E-state index in [1.54, 1.807) is 26.1 Å². The average molecular weight is 470 g/mol. The molecule has 1 saturated carbocycles. The average Bonchev–Trinajstić information content (AvgIpc) is 3.08. The minimum absolute atomic E-state index is 0.0304. The van der Waals surface area contributed by atoms with Crippen molar-refractivity contribution in [2.45, 2.75) is 63.6 Å². The number of nitrogens with one attached hydrogen (secondary N) is 1. The SMILES string of the molecule is CCS(=O)(=O)N1CCC(Nc2ncc3cc(Cl)c(=O)n([C@H]4CCC[C@]4(C)O)c3n2)CC1. The first-order valence-electron chi connectivity index (χ1n) is 10.7. The Kier molecular flexibility index (Phi) is 6.01. The molecule has 170 valence electrons. The van der Waals surface area contributed by atoms with Crippen molar-refractivity contribution in [3.8, 4) is 0 Å². The maximum absolute atomic E-state index is 12.9. The third kappa shape index (κ3) is 4.30. The molecule has 2 N–H and O–H groups in total. The Morgan fingerprint density at radius 1 is 1.32 bits per heavy atom. The second-order valence-corrected chi connectivity index (χ2v) is 11.3. The Morgan fingerprint density at radius 3 is 2.65 bits per heavy atom. The lowest BCUT2D eigenvalue weighted by Crippen LogP contribution is -2.43. The summed E-state index contributed by atoms with van der Waals surface area (Å²) in [5.41, 5.74) is -0.952. The molecule has 2 aromatic rings. The molecule has 0 unspecified atom stereocenters. The van der Waals surface area contributed by atoms with Crippen LogP contribution in [0.1, 0.15) is 52.0 Å². The molecule has 11 heteroatoms. The summed E-state index contributed by atoms with van der Waals surface area (Å²) >= 11 is 6.18. The molecule has 3 heterocycles. The van der Waals surface area contributed by atoms with Crippen molar-refractivity contribution in [1.82, 2.24) is 18.8 Å². The second kappa shape index (κ2) is 8.31. The van der Waals surface area contributed by atoms with Crippen LogP contribution < -0.4 is 10.9 Å². The van der Waals surface area contributed by atoms with Crippen LogP contribution in [0.4, 0.5) is 5.95 Å². The van der Waals surface area contributed by atoms with E-state index in [0.29, 0.717) is 55.8 Å². The van der Waals surface area contributed by atoms with Gasteiger partial charge in [-0.2, -0.15) is 4.98 Å². The molecule has 0 bridgehead atoms. The molecule has 1 aliphatic carbocycles. The molecule has 4 rings (SSSR count). The number of anilines is 1. The van der Waals surface area contributed by atoms with Gasteiger partial charge in [0.15, 0.2) is 0 Å². The zero-order valence-electron chi connectivity index (χ0n) is 17.7. The van der Waals surface area contributed by atoms with Crippen molar-refractivity contribution in [2.75, 3.05) is 24.2 Å². The van der Waals surface area contributed by atoms with Crippen LogP contribution in [0.5, 0.6) is 0 Å². The van der Waals surface area contributed by atoms with Crippen molar-refractivity contribution in [2.24, 2.45) is 0 Å². The fourth-order valence-corrected chi connectivity index (χ4v) is 5.97. The van der Waals surface area contributed by atoms with Crippen molar-refractivity contribution in [3.05, 3.63) is 27.6 Å². The smallest absolute Gasteiger partial charge is 0.271 e. The van der Waals surface area contributed by atoms with Crippen LogP contribution in [-0.4, -0.2) is 62.8 Å². The van der Waals surface area contributed by atoms with Gasteiger partial charge in [0.25, 0.3) is 5.56 Å². The lowest BCUT2D eigenvalue weighted by atomic mass is 10.00. The van der Waals surface area contributed by atoms with E-state index in [9.17, 15) is 18.3 Å². The monoisotopic (exact) mass is 469 g/mol. The first-order chi connectivity index (χ1) is 14.6. The Balaban J connectivity index is 1.62. The van der Waals surface area contributed by atoms with Crippen molar-refractivity contribution in [3.63, 3.8) is 0 Å². The molecule has 2 aromatic heterocycles. The maximum Gasteiger partial charge on any atom is 0.271 e. The van der Waals surface area contributed by atoms with Crippen LogP contribution in [0.15, 0.2) is 17.1 Å². The number of sulfonamides is 1. The zero-order valence-corrected chi connectivity index (χ0v) is 19.3. The molecule has 0 radical (unpaired) electrons. The second-order valence-electron chi connectivity index (χ2n) is 8.62. The van der Waals surface area contributed by atoms with Crippen LogP contribution in [0.3, 0.4) is 0 Å². The molecule has 0 amide bonds. The predicted octanol–water partition coefficient (Wildman–Crippen LogP) is 2.15. The Labute approximate surface area is 186 Å². The standard InChI is InChI=1S/C20H28ClN5O4S/c1-3-31(29,30)25-9-6-14(7-10-25)23-19-22-12-13-11-15(21)18(27)26(17(13)24-19)16-5-4-8-20(16,2)28/h11-12,14,16,28H,3-10H2,1-2H3,(H,22,23,24)/t16-,20-/m0/s1. The van der Waals surface area contributed by atoms with Crippen LogP contribution in [0, 0.1) is 0 Å². The molecule has 2 fully saturated rings. The number of piperidine rings is 1. The van der Waals surface area contributed by atoms with Gasteiger partial charge in [0, 0.05) is 30.7 Å². The van der Waals surface area contributed by atoms with E-state index < -0.39 is 21.7 Å². The van der Waals surface area contributed by atoms with Gasteiger partial charge >= 0.3 is 0 Å². The summed E-state index contributed by atoms with van der Waals surface area (Å²) < 4.78 is 27.1. The highest BCUT2D eigenvalue weighted by Crippen LogP contribution is 2.39. The Bertz CT molecular complexity index is 1140. The topological polar surface area (TPSA) is 117 Å². The largest absolute Gasteiger partial charge is 0.388 e. The zero-order chi connectivity index (χ0) is 22.4. The number of hydrogen-bond acceptors (Lipinski definition) is 7. The molecule has 9 nitrogen and oxygen atoms in total. The van der Waals surface area contributed by atoms with Gasteiger partial charge in [-0.25, -0.2) is 17.7 Å². The van der Waals surface area contributed by atoms with E-state index in [2.05, 4.69) is 15.3 Å². The molecule has 1 saturated heterocycles. The summed E-state index contributed by atoms with van der Waals surface area (Å²) in [6, 6.07) is 1.17. The number of rotatable bonds is 5. The van der Waals surface area contributed by atoms with E-state index in [4.69, 9.17) is 11.6 Å². The number of aliphatic hydroxyl groups is 1. The van der Waals surface area contributed by atoms with E-state index in [1.807, 2.05) is 0 Å². The summed E-state index contributed by atoms with van der Waals surface area (Å²) in [4.78, 5) is 21.9. The van der Waals surface area contributed by atoms with Gasteiger partial charge in [0.2, 0.25) is 16.0 Å². The third-order valence-corrected chi connectivity index (χ3v) is 8.62. The van der Waals surface area contributed by atoms with E-state index in [-0.39, 0.29) is 22.4 Å². The van der Waals surface area contributed by atoms with Crippen LogP contribution in [0.2, 0.25) is 5.02 Å². The predicted molar refractivity (Wildman–Crippen MR) is 120 cm³/mol. The Morgan fingerprint density at radius 2 is 2.03 bits per heavy atom. The number of nitrogens with zero attached hydrogens (tertiary/aromatic N) is 4. The Hall–Kier alpha value is -1.75. The fourth-order valence-electron chi connectivity index (χ4n) is 4.63. The lowest BCUT2D eigenvalue weighted by Gasteiger charge is -2.31. The minimum atomic E-state index is -3.18. The van der Waals surface area contributed by atoms with Gasteiger partial charge in [0.1, 0.15) is 10.7 Å². The minimum Gasteiger partial charge on any atom is -0.388 e. The summed E-state index contributed by atoms with van der Waals surface area (Å²) in [6.45, 7) is 4.29. The number of pyridine rings is 1. The molecule has 1 aliphatic heterocycles. The van der Waals surface area contributed by atoms with E-state index >= 15 is 0 Å². The first-order valence-corrected chi connectivity index (χ1v) is 12.7. The van der Waals surface area contributed by atoms with E-state index in [0.717, 1.165) is 6.42 Å². The highest BCUT2D eigenvalue weighted by Gasteiger charge is 2.39. The lowest BCUT2D eigenvalue weighted by molar-refractivity contribution is 0.0267. The number of fused-ring (bicyclic) bond motifs is 1. The van der Waals surface area contributed by atoms with Gasteiger partial charge in [0.05, 0.1) is 17.4 Å². The van der Waals surface area contributed by atoms with Gasteiger partial charge in [-0.05, 0) is 52.0 Å². The quantitative estimate of drug-likeness (QED) is 0.688. The van der Waals surface area contributed by atoms with Crippen molar-refractivity contribution < 1.29 is 13.5 Å². The molecule has 0 spiro atoms. The molecule has 2 atom stereocenters. The highest BCUT2D eigenvalue weighted by molar-refractivity contribution is 7.89. The number of halogens is 1. The molecule has 31 heavy (non-hydrogen) atoms. The molecular formula is C20H28ClN5O4S. The molecule has 2 aliphatic rings. The van der Waals surface area contributed by atoms with E-state index in [1.165, 1.54) is 8.87 Å². The molecule has 0 aromatic carbocycles. The van der Waals surface area contributed by atoms with Gasteiger partial charge < -0.3 is 10.4 Å². The summed E-state index contributed by atoms with van der Waals surface area (Å²) in [7, 11) is -3.18. The van der Waals surface area contributed by atoms with Crippen LogP contribution in [0.25, 0.3) is 11.0 Å². The van der Waals surface area contributed by atoms with Gasteiger partial charge in [-0.1, -0.05) is 11.6 Å². The van der Waals surface area contributed by atoms with Crippen LogP contribution >= 0.6 is 11.6 Å². The summed E-state index contributed by atoms with van der Waals surface area (Å²) in [5, 5.41) is 14.8. The highest BCUT2D eigenvalue weighted by atomic mass is 35.5. The molecular weight excluding hydrogens is 442 g/mol. The number of aromatic nitrogens is 3. The summed E-state index contributed by atoms with van der Waals surface area (Å²) in [5.74, 6) is 0.474.